The monoisotopic (exact) mass is 851 g/mol. The van der Waals surface area contributed by atoms with Crippen LogP contribution in [-0.4, -0.2) is 6.71 Å². The highest BCUT2D eigenvalue weighted by atomic mass is 15.2. The van der Waals surface area contributed by atoms with Gasteiger partial charge in [-0.25, -0.2) is 0 Å². The van der Waals surface area contributed by atoms with E-state index >= 15 is 0 Å². The second kappa shape index (κ2) is 14.6. The molecule has 0 N–H and O–H groups in total. The maximum absolute atomic E-state index is 2.67. The van der Waals surface area contributed by atoms with Crippen LogP contribution in [0.3, 0.4) is 0 Å². The van der Waals surface area contributed by atoms with Gasteiger partial charge in [-0.3, -0.25) is 0 Å². The van der Waals surface area contributed by atoms with Crippen LogP contribution in [0.1, 0.15) is 130 Å². The van der Waals surface area contributed by atoms with E-state index in [4.69, 9.17) is 0 Å². The van der Waals surface area contributed by atoms with Crippen LogP contribution in [0.2, 0.25) is 0 Å². The molecule has 0 spiro atoms. The lowest BCUT2D eigenvalue weighted by atomic mass is 9.33. The Labute approximate surface area is 390 Å². The third kappa shape index (κ3) is 7.08. The molecule has 0 radical (unpaired) electrons. The van der Waals surface area contributed by atoms with E-state index in [2.05, 4.69) is 246 Å². The van der Waals surface area contributed by atoms with Crippen LogP contribution in [0.5, 0.6) is 0 Å². The number of aryl methyl sites for hydroxylation is 1. The summed E-state index contributed by atoms with van der Waals surface area (Å²) in [6, 6.07) is 54.2. The minimum atomic E-state index is -0.122. The van der Waals surface area contributed by atoms with E-state index in [1.807, 2.05) is 0 Å². The van der Waals surface area contributed by atoms with Gasteiger partial charge in [0.15, 0.2) is 0 Å². The summed E-state index contributed by atoms with van der Waals surface area (Å²) in [7, 11) is 0. The molecule has 2 nitrogen and oxygen atoms in total. The van der Waals surface area contributed by atoms with E-state index in [9.17, 15) is 0 Å². The molecule has 0 amide bonds. The molecule has 7 aromatic carbocycles. The van der Waals surface area contributed by atoms with E-state index in [-0.39, 0.29) is 33.8 Å². The van der Waals surface area contributed by atoms with Crippen LogP contribution in [-0.2, 0) is 27.1 Å². The molecule has 0 fully saturated rings. The van der Waals surface area contributed by atoms with Crippen LogP contribution >= 0.6 is 0 Å². The number of benzene rings is 7. The molecule has 1 aliphatic carbocycles. The van der Waals surface area contributed by atoms with Crippen molar-refractivity contribution in [2.24, 2.45) is 0 Å². The van der Waals surface area contributed by atoms with Gasteiger partial charge in [0, 0.05) is 34.0 Å². The molecule has 0 saturated heterocycles. The second-order valence-electron chi connectivity index (χ2n) is 23.9. The summed E-state index contributed by atoms with van der Waals surface area (Å²) in [5.41, 5.74) is 24.8. The Bertz CT molecular complexity index is 3020. The number of hydrogen-bond acceptors (Lipinski definition) is 2. The summed E-state index contributed by atoms with van der Waals surface area (Å²) in [5.74, 6) is 0. The molecule has 328 valence electrons. The third-order valence-electron chi connectivity index (χ3n) is 15.0. The Balaban J connectivity index is 1.37. The smallest absolute Gasteiger partial charge is 0.252 e. The molecule has 3 aliphatic rings. The zero-order valence-corrected chi connectivity index (χ0v) is 41.5. The van der Waals surface area contributed by atoms with Crippen LogP contribution in [0.15, 0.2) is 140 Å². The predicted molar refractivity (Wildman–Crippen MR) is 283 cm³/mol. The summed E-state index contributed by atoms with van der Waals surface area (Å²) in [6.45, 7) is 33.3. The largest absolute Gasteiger partial charge is 0.311 e. The van der Waals surface area contributed by atoms with E-state index in [0.29, 0.717) is 0 Å². The molecule has 0 bridgehead atoms. The molecule has 0 saturated carbocycles. The Morgan fingerprint density at radius 2 is 0.908 bits per heavy atom. The lowest BCUT2D eigenvalue weighted by molar-refractivity contribution is 0.403. The van der Waals surface area contributed by atoms with Crippen molar-refractivity contribution in [3.8, 4) is 22.3 Å². The van der Waals surface area contributed by atoms with Gasteiger partial charge in [-0.2, -0.15) is 0 Å². The summed E-state index contributed by atoms with van der Waals surface area (Å²) in [4.78, 5) is 5.32. The van der Waals surface area contributed by atoms with Gasteiger partial charge in [-0.15, -0.1) is 0 Å². The lowest BCUT2D eigenvalue weighted by Crippen LogP contribution is -2.61. The van der Waals surface area contributed by atoms with Crippen molar-refractivity contribution in [1.29, 1.82) is 0 Å². The maximum Gasteiger partial charge on any atom is 0.252 e. The van der Waals surface area contributed by atoms with Gasteiger partial charge in [0.05, 0.1) is 5.69 Å². The van der Waals surface area contributed by atoms with Gasteiger partial charge in [0.2, 0.25) is 0 Å². The molecular weight excluding hydrogens is 784 g/mol. The zero-order chi connectivity index (χ0) is 46.2. The van der Waals surface area contributed by atoms with Crippen LogP contribution < -0.4 is 26.2 Å². The Morgan fingerprint density at radius 3 is 1.48 bits per heavy atom. The first-order valence-corrected chi connectivity index (χ1v) is 24.0. The highest BCUT2D eigenvalue weighted by Gasteiger charge is 2.49. The molecule has 2 aliphatic heterocycles. The highest BCUT2D eigenvalue weighted by Crippen LogP contribution is 2.54. The van der Waals surface area contributed by atoms with Gasteiger partial charge in [0.1, 0.15) is 0 Å². The molecule has 3 heteroatoms. The van der Waals surface area contributed by atoms with Crippen LogP contribution in [0.4, 0.5) is 34.1 Å². The van der Waals surface area contributed by atoms with E-state index < -0.39 is 0 Å². The van der Waals surface area contributed by atoms with Crippen LogP contribution in [0.25, 0.3) is 22.3 Å². The third-order valence-corrected chi connectivity index (χ3v) is 15.0. The summed E-state index contributed by atoms with van der Waals surface area (Å²) < 4.78 is 0. The van der Waals surface area contributed by atoms with Crippen molar-refractivity contribution in [1.82, 2.24) is 0 Å². The zero-order valence-electron chi connectivity index (χ0n) is 41.5. The van der Waals surface area contributed by atoms with Gasteiger partial charge in [-0.05, 0) is 149 Å². The normalized spacial score (nSPS) is 15.9. The van der Waals surface area contributed by atoms with Gasteiger partial charge in [-0.1, -0.05) is 187 Å². The highest BCUT2D eigenvalue weighted by molar-refractivity contribution is 7.00. The molecule has 0 aromatic heterocycles. The lowest BCUT2D eigenvalue weighted by Gasteiger charge is -2.46. The van der Waals surface area contributed by atoms with Crippen molar-refractivity contribution in [3.63, 3.8) is 0 Å². The van der Waals surface area contributed by atoms with Gasteiger partial charge in [0.25, 0.3) is 6.71 Å². The minimum absolute atomic E-state index is 0.00294. The fourth-order valence-electron chi connectivity index (χ4n) is 11.6. The Hall–Kier alpha value is -5.80. The minimum Gasteiger partial charge on any atom is -0.311 e. The molecule has 7 aromatic rings. The fourth-order valence-corrected chi connectivity index (χ4v) is 11.6. The maximum atomic E-state index is 2.67. The molecular formula is C62H67BN2. The van der Waals surface area contributed by atoms with Crippen molar-refractivity contribution in [2.75, 3.05) is 9.80 Å². The van der Waals surface area contributed by atoms with E-state index in [1.165, 1.54) is 106 Å². The van der Waals surface area contributed by atoms with Gasteiger partial charge < -0.3 is 9.80 Å². The number of nitrogens with zero attached hydrogens (tertiary/aromatic N) is 2. The molecule has 0 atom stereocenters. The standard InChI is InChI=1S/C62H67BN2/c1-39-31-43(58(2,3)4)26-29-51(39)64-54-37-48-47(61(11,12)38-62(48,13)14)36-50(54)63-49-32-42(40-21-17-15-18-22-40)25-28-53(49)65(56-35-45(60(8,9)10)34-55(64)57(56)63)52-30-27-44(59(5,6)7)33-46(52)41-23-19-16-20-24-41/h15-37H,38H2,1-14H3. The van der Waals surface area contributed by atoms with Crippen molar-refractivity contribution in [2.45, 2.75) is 130 Å². The van der Waals surface area contributed by atoms with Crippen molar-refractivity contribution in [3.05, 3.63) is 173 Å². The average Bonchev–Trinajstić information content (AvgIpc) is 3.43. The Kier molecular flexibility index (Phi) is 9.69. The van der Waals surface area contributed by atoms with Crippen molar-refractivity contribution < 1.29 is 0 Å². The number of hydrogen-bond donors (Lipinski definition) is 0. The number of fused-ring (bicyclic) bond motifs is 5. The number of anilines is 6. The second-order valence-corrected chi connectivity index (χ2v) is 23.9. The Morgan fingerprint density at radius 1 is 0.415 bits per heavy atom. The van der Waals surface area contributed by atoms with E-state index in [0.717, 1.165) is 6.42 Å². The predicted octanol–water partition coefficient (Wildman–Crippen LogP) is 15.3. The first-order valence-electron chi connectivity index (χ1n) is 24.0. The average molecular weight is 851 g/mol. The summed E-state index contributed by atoms with van der Waals surface area (Å²) in [5, 5.41) is 0. The summed E-state index contributed by atoms with van der Waals surface area (Å²) in [6.07, 6.45) is 1.11. The molecule has 2 heterocycles. The van der Waals surface area contributed by atoms with Gasteiger partial charge >= 0.3 is 0 Å². The van der Waals surface area contributed by atoms with Crippen LogP contribution in [0, 0.1) is 6.92 Å². The fraction of sp³-hybridized carbons (Fsp3) is 0.323. The first-order chi connectivity index (χ1) is 30.5. The van der Waals surface area contributed by atoms with E-state index in [1.54, 1.807) is 0 Å². The number of rotatable bonds is 4. The van der Waals surface area contributed by atoms with Crippen molar-refractivity contribution >= 4 is 57.2 Å². The molecule has 0 unspecified atom stereocenters. The quantitative estimate of drug-likeness (QED) is 0.163. The molecule has 65 heavy (non-hydrogen) atoms. The first kappa shape index (κ1) is 43.1. The SMILES string of the molecule is Cc1cc(C(C)(C)C)ccc1N1c2cc3c(cc2B2c4cc(-c5ccccc5)ccc4N(c4ccc(C(C)(C)C)cc4-c4ccccc4)c4cc(C(C)(C)C)cc1c42)C(C)(C)CC3(C)C. The topological polar surface area (TPSA) is 6.48 Å². The molecule has 10 rings (SSSR count). The summed E-state index contributed by atoms with van der Waals surface area (Å²) >= 11 is 0.